The molecule has 1 aromatic carbocycles. The predicted octanol–water partition coefficient (Wildman–Crippen LogP) is 4.25. The van der Waals surface area contributed by atoms with Gasteiger partial charge in [0.15, 0.2) is 0 Å². The largest absolute Gasteiger partial charge is 0.529 e. The van der Waals surface area contributed by atoms with E-state index < -0.39 is 29.6 Å². The molecule has 0 aliphatic carbocycles. The lowest BCUT2D eigenvalue weighted by atomic mass is 10.4. The van der Waals surface area contributed by atoms with E-state index in [9.17, 15) is 17.4 Å². The molecule has 1 atom stereocenters. The Bertz CT molecular complexity index is 679. The number of rotatable bonds is 10. The quantitative estimate of drug-likeness (QED) is 0.446. The van der Waals surface area contributed by atoms with Gasteiger partial charge in [0.05, 0.1) is 18.1 Å². The third-order valence-corrected chi connectivity index (χ3v) is 6.28. The van der Waals surface area contributed by atoms with Gasteiger partial charge in [0.2, 0.25) is 15.3 Å². The summed E-state index contributed by atoms with van der Waals surface area (Å²) in [6.45, 7) is 4.89. The molecule has 136 valence electrons. The van der Waals surface area contributed by atoms with Crippen LogP contribution in [0, 0.1) is 0 Å². The van der Waals surface area contributed by atoms with Gasteiger partial charge in [0, 0.05) is 6.42 Å². The van der Waals surface area contributed by atoms with Gasteiger partial charge in [0.25, 0.3) is 0 Å². The molecule has 0 aliphatic rings. The lowest BCUT2D eigenvalue weighted by Gasteiger charge is -2.17. The summed E-state index contributed by atoms with van der Waals surface area (Å²) in [6, 6.07) is 7.33. The monoisotopic (exact) mass is 380 g/mol. The van der Waals surface area contributed by atoms with Crippen LogP contribution in [0.2, 0.25) is 0 Å². The number of halogens is 1. The minimum Gasteiger partial charge on any atom is -0.409 e. The van der Waals surface area contributed by atoms with E-state index in [1.807, 2.05) is 0 Å². The summed E-state index contributed by atoms with van der Waals surface area (Å²) in [5.74, 6) is 0.0612. The lowest BCUT2D eigenvalue weighted by molar-refractivity contribution is 0.145. The zero-order valence-corrected chi connectivity index (χ0v) is 15.6. The van der Waals surface area contributed by atoms with Crippen LogP contribution >= 0.6 is 7.82 Å². The Hall–Kier alpha value is -1.21. The molecule has 1 rings (SSSR count). The second kappa shape index (κ2) is 9.32. The zero-order chi connectivity index (χ0) is 18.2. The molecule has 1 aromatic rings. The first kappa shape index (κ1) is 20.8. The fraction of sp³-hybridized carbons (Fsp3) is 0.467. The maximum atomic E-state index is 14.1. The number of sulfone groups is 1. The normalized spacial score (nSPS) is 14.4. The summed E-state index contributed by atoms with van der Waals surface area (Å²) in [5.41, 5.74) is -2.14. The van der Waals surface area contributed by atoms with Crippen LogP contribution in [0.25, 0.3) is 0 Å². The van der Waals surface area contributed by atoms with Gasteiger partial charge in [-0.15, -0.1) is 0 Å². The first-order valence-corrected chi connectivity index (χ1v) is 10.4. The first-order chi connectivity index (χ1) is 11.2. The van der Waals surface area contributed by atoms with Crippen molar-refractivity contribution in [3.63, 3.8) is 0 Å². The van der Waals surface area contributed by atoms with Crippen LogP contribution in [0.1, 0.15) is 27.2 Å². The number of allylic oxidation sites excluding steroid dienone is 2. The van der Waals surface area contributed by atoms with Gasteiger partial charge >= 0.3 is 7.82 Å². The van der Waals surface area contributed by atoms with Crippen molar-refractivity contribution in [1.29, 1.82) is 0 Å². The lowest BCUT2D eigenvalue weighted by Crippen LogP contribution is -2.16. The molecule has 0 radical (unpaired) electrons. The van der Waals surface area contributed by atoms with Crippen LogP contribution in [0.3, 0.4) is 0 Å². The number of hydrogen-bond donors (Lipinski definition) is 0. The summed E-state index contributed by atoms with van der Waals surface area (Å²) < 4.78 is 65.5. The molecular weight excluding hydrogens is 358 g/mol. The highest BCUT2D eigenvalue weighted by Crippen LogP contribution is 2.51. The van der Waals surface area contributed by atoms with Gasteiger partial charge in [0.1, 0.15) is 5.76 Å². The summed E-state index contributed by atoms with van der Waals surface area (Å²) in [7, 11) is -7.87. The van der Waals surface area contributed by atoms with Gasteiger partial charge in [-0.2, -0.15) is 0 Å². The van der Waals surface area contributed by atoms with Gasteiger partial charge < -0.3 is 4.52 Å². The minimum absolute atomic E-state index is 0.0612. The predicted molar refractivity (Wildman–Crippen MR) is 88.8 cm³/mol. The van der Waals surface area contributed by atoms with Crippen molar-refractivity contribution in [2.45, 2.75) is 37.6 Å². The second-order valence-corrected chi connectivity index (χ2v) is 8.36. The van der Waals surface area contributed by atoms with E-state index in [0.717, 1.165) is 0 Å². The van der Waals surface area contributed by atoms with Crippen molar-refractivity contribution >= 4 is 17.7 Å². The molecule has 0 spiro atoms. The van der Waals surface area contributed by atoms with Crippen LogP contribution in [0.4, 0.5) is 4.39 Å². The number of hydrogen-bond acceptors (Lipinski definition) is 6. The molecule has 9 heteroatoms. The van der Waals surface area contributed by atoms with E-state index >= 15 is 0 Å². The molecule has 0 fully saturated rings. The average Bonchev–Trinajstić information content (AvgIpc) is 2.53. The first-order valence-electron chi connectivity index (χ1n) is 7.43. The van der Waals surface area contributed by atoms with Gasteiger partial charge in [-0.05, 0) is 39.0 Å². The van der Waals surface area contributed by atoms with Crippen molar-refractivity contribution in [2.75, 3.05) is 13.2 Å². The van der Waals surface area contributed by atoms with E-state index in [-0.39, 0.29) is 23.9 Å². The highest BCUT2D eigenvalue weighted by Gasteiger charge is 2.29. The average molecular weight is 380 g/mol. The molecule has 0 aromatic heterocycles. The standard InChI is InChI=1S/C15H22FO6PS/c1-4-20-23(17,21-5-2)22-13(3)11-12-15(16)24(18,19)14-9-7-6-8-10-14/h6-11,15H,4-5,12H2,1-3H3/b13-11+. The van der Waals surface area contributed by atoms with E-state index in [4.69, 9.17) is 13.6 Å². The van der Waals surface area contributed by atoms with E-state index in [1.165, 1.54) is 37.3 Å². The van der Waals surface area contributed by atoms with Crippen LogP contribution in [0.15, 0.2) is 47.1 Å². The molecule has 6 nitrogen and oxygen atoms in total. The highest BCUT2D eigenvalue weighted by molar-refractivity contribution is 7.91. The van der Waals surface area contributed by atoms with Crippen molar-refractivity contribution in [2.24, 2.45) is 0 Å². The highest BCUT2D eigenvalue weighted by atomic mass is 32.2. The maximum Gasteiger partial charge on any atom is 0.529 e. The molecule has 0 amide bonds. The topological polar surface area (TPSA) is 78.9 Å². The van der Waals surface area contributed by atoms with Crippen molar-refractivity contribution in [1.82, 2.24) is 0 Å². The van der Waals surface area contributed by atoms with Gasteiger partial charge in [-0.1, -0.05) is 18.2 Å². The summed E-state index contributed by atoms with van der Waals surface area (Å²) in [5, 5.41) is 0. The number of phosphoric acid groups is 1. The third-order valence-electron chi connectivity index (χ3n) is 2.83. The molecule has 0 N–H and O–H groups in total. The van der Waals surface area contributed by atoms with Crippen LogP contribution in [-0.2, 0) is 28.0 Å². The van der Waals surface area contributed by atoms with Gasteiger partial charge in [-0.25, -0.2) is 17.4 Å². The summed E-state index contributed by atoms with van der Waals surface area (Å²) >= 11 is 0. The summed E-state index contributed by atoms with van der Waals surface area (Å²) in [6.07, 6.45) is 0.761. The second-order valence-electron chi connectivity index (χ2n) is 4.69. The number of alkyl halides is 1. The van der Waals surface area contributed by atoms with Crippen molar-refractivity contribution in [3.05, 3.63) is 42.2 Å². The van der Waals surface area contributed by atoms with Crippen LogP contribution in [-0.4, -0.2) is 27.1 Å². The molecule has 0 bridgehead atoms. The summed E-state index contributed by atoms with van der Waals surface area (Å²) in [4.78, 5) is -0.0984. The molecule has 0 heterocycles. The number of phosphoric ester groups is 1. The molecule has 1 unspecified atom stereocenters. The smallest absolute Gasteiger partial charge is 0.409 e. The zero-order valence-electron chi connectivity index (χ0n) is 13.8. The Morgan fingerprint density at radius 3 is 2.25 bits per heavy atom. The molecular formula is C15H22FO6PS. The van der Waals surface area contributed by atoms with E-state index in [0.29, 0.717) is 0 Å². The van der Waals surface area contributed by atoms with E-state index in [2.05, 4.69) is 0 Å². The molecule has 0 saturated carbocycles. The fourth-order valence-electron chi connectivity index (χ4n) is 1.76. The SMILES string of the molecule is CCOP(=O)(OCC)O/C(C)=C/CC(F)S(=O)(=O)c1ccccc1. The Balaban J connectivity index is 2.78. The van der Waals surface area contributed by atoms with Crippen molar-refractivity contribution in [3.8, 4) is 0 Å². The van der Waals surface area contributed by atoms with E-state index in [1.54, 1.807) is 19.9 Å². The third kappa shape index (κ3) is 6.02. The van der Waals surface area contributed by atoms with Gasteiger partial charge in [-0.3, -0.25) is 9.05 Å². The Labute approximate surface area is 142 Å². The Kier molecular flexibility index (Phi) is 8.09. The Morgan fingerprint density at radius 1 is 1.21 bits per heavy atom. The minimum atomic E-state index is -4.10. The van der Waals surface area contributed by atoms with Crippen LogP contribution < -0.4 is 0 Å². The molecule has 0 saturated heterocycles. The fourth-order valence-corrected chi connectivity index (χ4v) is 4.18. The Morgan fingerprint density at radius 2 is 1.75 bits per heavy atom. The molecule has 0 aliphatic heterocycles. The maximum absolute atomic E-state index is 14.1. The number of benzene rings is 1. The van der Waals surface area contributed by atoms with Crippen LogP contribution in [0.5, 0.6) is 0 Å². The molecule has 24 heavy (non-hydrogen) atoms. The van der Waals surface area contributed by atoms with Crippen molar-refractivity contribution < 1.29 is 30.9 Å².